The number of nitrogens with zero attached hydrogens (tertiary/aromatic N) is 1. The van der Waals surface area contributed by atoms with E-state index in [2.05, 4.69) is 5.32 Å². The van der Waals surface area contributed by atoms with Gasteiger partial charge < -0.3 is 19.7 Å². The lowest BCUT2D eigenvalue weighted by Crippen LogP contribution is -2.23. The second kappa shape index (κ2) is 7.32. The summed E-state index contributed by atoms with van der Waals surface area (Å²) in [7, 11) is 1.50. The fourth-order valence-electron chi connectivity index (χ4n) is 2.51. The third-order valence-corrected chi connectivity index (χ3v) is 4.13. The molecule has 128 valence electrons. The number of amides is 1. The molecule has 3 aromatic rings. The van der Waals surface area contributed by atoms with Gasteiger partial charge in [-0.15, -0.1) is 0 Å². The molecule has 0 aliphatic carbocycles. The number of rotatable bonds is 5. The molecule has 2 aromatic carbocycles. The number of benzene rings is 2. The van der Waals surface area contributed by atoms with Crippen LogP contribution in [0.5, 0.6) is 11.5 Å². The number of hydrogen-bond donors (Lipinski definition) is 2. The Morgan fingerprint density at radius 2 is 1.92 bits per heavy atom. The van der Waals surface area contributed by atoms with Gasteiger partial charge in [-0.05, 0) is 24.3 Å². The molecule has 5 nitrogen and oxygen atoms in total. The van der Waals surface area contributed by atoms with Crippen LogP contribution in [0.2, 0.25) is 5.02 Å². The van der Waals surface area contributed by atoms with Crippen molar-refractivity contribution in [2.45, 2.75) is 6.54 Å². The number of nitrogens with one attached hydrogen (secondary N) is 1. The lowest BCUT2D eigenvalue weighted by molar-refractivity contribution is 0.0947. The van der Waals surface area contributed by atoms with Crippen molar-refractivity contribution in [3.63, 3.8) is 0 Å². The number of halogens is 1. The van der Waals surface area contributed by atoms with Crippen molar-refractivity contribution in [1.82, 2.24) is 9.88 Å². The van der Waals surface area contributed by atoms with Crippen LogP contribution in [-0.4, -0.2) is 22.7 Å². The molecule has 0 aliphatic rings. The zero-order valence-electron chi connectivity index (χ0n) is 13.6. The highest BCUT2D eigenvalue weighted by atomic mass is 35.5. The minimum Gasteiger partial charge on any atom is -0.508 e. The van der Waals surface area contributed by atoms with Crippen molar-refractivity contribution in [3.05, 3.63) is 77.1 Å². The van der Waals surface area contributed by atoms with Gasteiger partial charge in [0, 0.05) is 30.6 Å². The van der Waals surface area contributed by atoms with Crippen LogP contribution < -0.4 is 10.1 Å². The minimum atomic E-state index is -0.332. The SMILES string of the molecule is COc1cc(-n2cccc2)c(Cl)cc1C(=O)NCc1ccccc1O. The highest BCUT2D eigenvalue weighted by molar-refractivity contribution is 6.33. The fourth-order valence-corrected chi connectivity index (χ4v) is 2.77. The van der Waals surface area contributed by atoms with E-state index < -0.39 is 0 Å². The van der Waals surface area contributed by atoms with E-state index >= 15 is 0 Å². The zero-order valence-corrected chi connectivity index (χ0v) is 14.3. The standard InChI is InChI=1S/C19H17ClN2O3/c1-25-18-11-16(22-8-4-5-9-22)15(20)10-14(18)19(24)21-12-13-6-2-3-7-17(13)23/h2-11,23H,12H2,1H3,(H,21,24). The van der Waals surface area contributed by atoms with Crippen LogP contribution in [0.4, 0.5) is 0 Å². The quantitative estimate of drug-likeness (QED) is 0.731. The van der Waals surface area contributed by atoms with Crippen LogP contribution in [0.15, 0.2) is 60.9 Å². The third-order valence-electron chi connectivity index (χ3n) is 3.83. The molecule has 0 unspecified atom stereocenters. The minimum absolute atomic E-state index is 0.135. The third kappa shape index (κ3) is 3.61. The molecular weight excluding hydrogens is 340 g/mol. The molecule has 0 saturated heterocycles. The molecule has 0 radical (unpaired) electrons. The molecule has 0 bridgehead atoms. The number of aromatic hydroxyl groups is 1. The Hall–Kier alpha value is -2.92. The van der Waals surface area contributed by atoms with Gasteiger partial charge in [-0.3, -0.25) is 4.79 Å². The van der Waals surface area contributed by atoms with Crippen molar-refractivity contribution in [2.24, 2.45) is 0 Å². The van der Waals surface area contributed by atoms with Gasteiger partial charge in [0.2, 0.25) is 0 Å². The number of para-hydroxylation sites is 1. The van der Waals surface area contributed by atoms with E-state index in [0.29, 0.717) is 21.9 Å². The first kappa shape index (κ1) is 16.9. The first-order valence-corrected chi connectivity index (χ1v) is 8.04. The van der Waals surface area contributed by atoms with Crippen molar-refractivity contribution in [3.8, 4) is 17.2 Å². The van der Waals surface area contributed by atoms with Crippen molar-refractivity contribution >= 4 is 17.5 Å². The molecule has 0 atom stereocenters. The van der Waals surface area contributed by atoms with Gasteiger partial charge in [0.05, 0.1) is 23.4 Å². The number of phenols is 1. The molecule has 1 heterocycles. The lowest BCUT2D eigenvalue weighted by Gasteiger charge is -2.14. The largest absolute Gasteiger partial charge is 0.508 e. The molecule has 0 fully saturated rings. The highest BCUT2D eigenvalue weighted by Gasteiger charge is 2.17. The number of aromatic nitrogens is 1. The summed E-state index contributed by atoms with van der Waals surface area (Å²) in [6.45, 7) is 0.200. The van der Waals surface area contributed by atoms with E-state index in [-0.39, 0.29) is 18.2 Å². The van der Waals surface area contributed by atoms with Crippen LogP contribution in [0.3, 0.4) is 0 Å². The number of carbonyl (C=O) groups is 1. The molecule has 2 N–H and O–H groups in total. The Balaban J connectivity index is 1.85. The number of carbonyl (C=O) groups excluding carboxylic acids is 1. The summed E-state index contributed by atoms with van der Waals surface area (Å²) in [5, 5.41) is 13.0. The average molecular weight is 357 g/mol. The molecule has 1 aromatic heterocycles. The van der Waals surface area contributed by atoms with Crippen molar-refractivity contribution in [1.29, 1.82) is 0 Å². The summed E-state index contributed by atoms with van der Waals surface area (Å²) in [6, 6.07) is 13.9. The predicted molar refractivity (Wildman–Crippen MR) is 96.6 cm³/mol. The van der Waals surface area contributed by atoms with E-state index in [9.17, 15) is 9.90 Å². The Labute approximate surface area is 150 Å². The van der Waals surface area contributed by atoms with Crippen LogP contribution in [0.1, 0.15) is 15.9 Å². The Morgan fingerprint density at radius 1 is 1.20 bits per heavy atom. The number of hydrogen-bond acceptors (Lipinski definition) is 3. The Bertz CT molecular complexity index is 892. The maximum atomic E-state index is 12.5. The maximum absolute atomic E-state index is 12.5. The second-order valence-electron chi connectivity index (χ2n) is 5.41. The van der Waals surface area contributed by atoms with Gasteiger partial charge in [0.1, 0.15) is 11.5 Å². The summed E-state index contributed by atoms with van der Waals surface area (Å²) in [5.41, 5.74) is 1.68. The van der Waals surface area contributed by atoms with Gasteiger partial charge in [0.25, 0.3) is 5.91 Å². The van der Waals surface area contributed by atoms with Crippen LogP contribution in [-0.2, 0) is 6.54 Å². The molecule has 0 spiro atoms. The Kier molecular flexibility index (Phi) is 4.95. The number of ether oxygens (including phenoxy) is 1. The van der Waals surface area contributed by atoms with E-state index in [0.717, 1.165) is 5.69 Å². The van der Waals surface area contributed by atoms with Gasteiger partial charge >= 0.3 is 0 Å². The van der Waals surface area contributed by atoms with Crippen molar-refractivity contribution in [2.75, 3.05) is 7.11 Å². The molecule has 0 aliphatic heterocycles. The fraction of sp³-hybridized carbons (Fsp3) is 0.105. The predicted octanol–water partition coefficient (Wildman–Crippen LogP) is 3.77. The van der Waals surface area contributed by atoms with Gasteiger partial charge in [-0.25, -0.2) is 0 Å². The number of phenolic OH excluding ortho intramolecular Hbond substituents is 1. The molecule has 0 saturated carbocycles. The molecular formula is C19H17ClN2O3. The molecule has 3 rings (SSSR count). The van der Waals surface area contributed by atoms with Gasteiger partial charge in [-0.1, -0.05) is 29.8 Å². The second-order valence-corrected chi connectivity index (χ2v) is 5.81. The maximum Gasteiger partial charge on any atom is 0.255 e. The summed E-state index contributed by atoms with van der Waals surface area (Å²) in [4.78, 5) is 12.5. The van der Waals surface area contributed by atoms with E-state index in [1.165, 1.54) is 7.11 Å². The van der Waals surface area contributed by atoms with Crippen LogP contribution in [0, 0.1) is 0 Å². The summed E-state index contributed by atoms with van der Waals surface area (Å²) >= 11 is 6.34. The van der Waals surface area contributed by atoms with Gasteiger partial charge in [0.15, 0.2) is 0 Å². The lowest BCUT2D eigenvalue weighted by atomic mass is 10.1. The topological polar surface area (TPSA) is 63.5 Å². The Morgan fingerprint density at radius 3 is 2.60 bits per heavy atom. The molecule has 25 heavy (non-hydrogen) atoms. The summed E-state index contributed by atoms with van der Waals surface area (Å²) in [5.74, 6) is 0.222. The zero-order chi connectivity index (χ0) is 17.8. The monoisotopic (exact) mass is 356 g/mol. The van der Waals surface area contributed by atoms with Crippen LogP contribution in [0.25, 0.3) is 5.69 Å². The normalized spacial score (nSPS) is 10.5. The average Bonchev–Trinajstić information content (AvgIpc) is 3.15. The van der Waals surface area contributed by atoms with E-state index in [1.54, 1.807) is 36.4 Å². The smallest absolute Gasteiger partial charge is 0.255 e. The molecule has 1 amide bonds. The van der Waals surface area contributed by atoms with E-state index in [1.807, 2.05) is 29.1 Å². The highest BCUT2D eigenvalue weighted by Crippen LogP contribution is 2.30. The first-order valence-electron chi connectivity index (χ1n) is 7.66. The number of methoxy groups -OCH3 is 1. The van der Waals surface area contributed by atoms with Crippen LogP contribution >= 0.6 is 11.6 Å². The molecule has 6 heteroatoms. The van der Waals surface area contributed by atoms with E-state index in [4.69, 9.17) is 16.3 Å². The summed E-state index contributed by atoms with van der Waals surface area (Å²) < 4.78 is 7.20. The summed E-state index contributed by atoms with van der Waals surface area (Å²) in [6.07, 6.45) is 3.72. The van der Waals surface area contributed by atoms with Gasteiger partial charge in [-0.2, -0.15) is 0 Å². The first-order chi connectivity index (χ1) is 12.1. The van der Waals surface area contributed by atoms with Crippen molar-refractivity contribution < 1.29 is 14.6 Å².